The average Bonchev–Trinajstić information content (AvgIpc) is 2.43. The number of rotatable bonds is 5. The van der Waals surface area contributed by atoms with E-state index in [1.807, 2.05) is 5.43 Å². The molecule has 22 heavy (non-hydrogen) atoms. The Hall–Kier alpha value is -1.90. The van der Waals surface area contributed by atoms with Crippen LogP contribution in [0.2, 0.25) is 5.02 Å². The van der Waals surface area contributed by atoms with Crippen LogP contribution in [0.3, 0.4) is 0 Å². The molecule has 0 heterocycles. The number of carbonyl (C=O) groups excluding carboxylic acids is 2. The van der Waals surface area contributed by atoms with Crippen LogP contribution in [0.25, 0.3) is 6.08 Å². The van der Waals surface area contributed by atoms with Crippen LogP contribution in [0.1, 0.15) is 19.4 Å². The number of hydrogen-bond acceptors (Lipinski definition) is 4. The first-order valence-corrected chi connectivity index (χ1v) is 8.18. The van der Waals surface area contributed by atoms with Crippen molar-refractivity contribution in [1.29, 1.82) is 0 Å². The molecule has 0 bridgehead atoms. The molecule has 0 radical (unpaired) electrons. The lowest BCUT2D eigenvalue weighted by Gasteiger charge is -2.08. The van der Waals surface area contributed by atoms with Crippen LogP contribution in [-0.2, 0) is 19.6 Å². The molecule has 0 saturated heterocycles. The molecule has 120 valence electrons. The second-order valence-corrected chi connectivity index (χ2v) is 6.59. The highest BCUT2D eigenvalue weighted by atomic mass is 35.5. The van der Waals surface area contributed by atoms with E-state index in [0.717, 1.165) is 5.41 Å². The third-order valence-electron chi connectivity index (χ3n) is 2.24. The quantitative estimate of drug-likeness (QED) is 0.542. The fourth-order valence-electron chi connectivity index (χ4n) is 1.28. The molecule has 0 aromatic heterocycles. The van der Waals surface area contributed by atoms with Crippen LogP contribution in [0.4, 0.5) is 0 Å². The smallest absolute Gasteiger partial charge is 0.324 e. The molecular formula is C13H16ClN3O4S. The van der Waals surface area contributed by atoms with Crippen LogP contribution in [0.5, 0.6) is 0 Å². The van der Waals surface area contributed by atoms with E-state index in [9.17, 15) is 18.0 Å². The van der Waals surface area contributed by atoms with Gasteiger partial charge in [-0.15, -0.1) is 4.83 Å². The van der Waals surface area contributed by atoms with Crippen molar-refractivity contribution in [3.8, 4) is 0 Å². The monoisotopic (exact) mass is 345 g/mol. The second kappa shape index (κ2) is 7.92. The van der Waals surface area contributed by atoms with Gasteiger partial charge in [0.15, 0.2) is 0 Å². The molecular weight excluding hydrogens is 330 g/mol. The van der Waals surface area contributed by atoms with Crippen LogP contribution < -0.4 is 15.6 Å². The van der Waals surface area contributed by atoms with Gasteiger partial charge in [0.05, 0.1) is 0 Å². The first-order valence-electron chi connectivity index (χ1n) is 6.26. The van der Waals surface area contributed by atoms with Gasteiger partial charge in [0.25, 0.3) is 10.0 Å². The first-order chi connectivity index (χ1) is 10.2. The molecule has 7 nitrogen and oxygen atoms in total. The Balaban J connectivity index is 2.59. The summed E-state index contributed by atoms with van der Waals surface area (Å²) in [6.45, 7) is 3.34. The highest BCUT2D eigenvalue weighted by Crippen LogP contribution is 2.10. The van der Waals surface area contributed by atoms with Gasteiger partial charge in [-0.05, 0) is 37.6 Å². The number of hydrogen-bond donors (Lipinski definition) is 3. The van der Waals surface area contributed by atoms with Crippen molar-refractivity contribution in [2.45, 2.75) is 19.9 Å². The van der Waals surface area contributed by atoms with E-state index in [-0.39, 0.29) is 6.04 Å². The summed E-state index contributed by atoms with van der Waals surface area (Å²) < 4.78 is 23.3. The van der Waals surface area contributed by atoms with Gasteiger partial charge in [0.2, 0.25) is 0 Å². The summed E-state index contributed by atoms with van der Waals surface area (Å²) in [5.74, 6) is -2.03. The summed E-state index contributed by atoms with van der Waals surface area (Å²) in [5.41, 5.74) is 2.42. The summed E-state index contributed by atoms with van der Waals surface area (Å²) in [4.78, 5) is 24.4. The third-order valence-corrected chi connectivity index (χ3v) is 3.38. The second-order valence-electron chi connectivity index (χ2n) is 4.58. The lowest BCUT2D eigenvalue weighted by molar-refractivity contribution is -0.139. The molecule has 2 amide bonds. The van der Waals surface area contributed by atoms with Gasteiger partial charge in [0, 0.05) is 16.5 Å². The van der Waals surface area contributed by atoms with Crippen molar-refractivity contribution in [2.24, 2.45) is 0 Å². The van der Waals surface area contributed by atoms with E-state index in [0.29, 0.717) is 10.6 Å². The minimum atomic E-state index is -3.92. The molecule has 3 N–H and O–H groups in total. The third kappa shape index (κ3) is 6.70. The van der Waals surface area contributed by atoms with Crippen molar-refractivity contribution >= 4 is 39.5 Å². The number of nitrogens with one attached hydrogen (secondary N) is 3. The fraction of sp³-hybridized carbons (Fsp3) is 0.231. The molecule has 0 aliphatic rings. The van der Waals surface area contributed by atoms with Gasteiger partial charge in [-0.1, -0.05) is 23.7 Å². The molecule has 0 fully saturated rings. The van der Waals surface area contributed by atoms with Crippen molar-refractivity contribution in [1.82, 2.24) is 15.6 Å². The Kier molecular flexibility index (Phi) is 6.54. The normalized spacial score (nSPS) is 11.6. The zero-order chi connectivity index (χ0) is 16.8. The molecule has 0 aliphatic heterocycles. The number of benzene rings is 1. The number of carbonyl (C=O) groups is 2. The van der Waals surface area contributed by atoms with Gasteiger partial charge in [-0.25, -0.2) is 8.42 Å². The highest BCUT2D eigenvalue weighted by molar-refractivity contribution is 7.92. The van der Waals surface area contributed by atoms with Gasteiger partial charge < -0.3 is 5.32 Å². The first kappa shape index (κ1) is 18.1. The molecule has 0 saturated carbocycles. The molecule has 0 atom stereocenters. The Morgan fingerprint density at radius 2 is 1.73 bits per heavy atom. The summed E-state index contributed by atoms with van der Waals surface area (Å²) >= 11 is 5.71. The van der Waals surface area contributed by atoms with E-state index in [4.69, 9.17) is 11.6 Å². The summed E-state index contributed by atoms with van der Waals surface area (Å²) in [6, 6.07) is 6.24. The van der Waals surface area contributed by atoms with E-state index < -0.39 is 21.8 Å². The van der Waals surface area contributed by atoms with Gasteiger partial charge in [-0.2, -0.15) is 0 Å². The predicted octanol–water partition coefficient (Wildman–Crippen LogP) is 0.786. The molecule has 9 heteroatoms. The van der Waals surface area contributed by atoms with Crippen LogP contribution in [-0.4, -0.2) is 26.3 Å². The molecule has 1 rings (SSSR count). The summed E-state index contributed by atoms with van der Waals surface area (Å²) in [6.07, 6.45) is 1.32. The number of sulfonamides is 1. The van der Waals surface area contributed by atoms with E-state index in [1.54, 1.807) is 42.9 Å². The van der Waals surface area contributed by atoms with Gasteiger partial charge >= 0.3 is 11.8 Å². The number of amides is 2. The average molecular weight is 346 g/mol. The zero-order valence-corrected chi connectivity index (χ0v) is 13.5. The van der Waals surface area contributed by atoms with E-state index in [1.165, 1.54) is 6.08 Å². The SMILES string of the molecule is CC(C)NC(=O)C(=O)NNS(=O)(=O)/C=C/c1ccc(Cl)cc1. The Labute approximate surface area is 133 Å². The lowest BCUT2D eigenvalue weighted by atomic mass is 10.2. The van der Waals surface area contributed by atoms with Gasteiger partial charge in [0.1, 0.15) is 0 Å². The number of halogens is 1. The van der Waals surface area contributed by atoms with Crippen LogP contribution in [0, 0.1) is 0 Å². The fourth-order valence-corrected chi connectivity index (χ4v) is 2.04. The molecule has 0 spiro atoms. The van der Waals surface area contributed by atoms with Crippen LogP contribution >= 0.6 is 11.6 Å². The van der Waals surface area contributed by atoms with Crippen molar-refractivity contribution in [2.75, 3.05) is 0 Å². The van der Waals surface area contributed by atoms with Crippen LogP contribution in [0.15, 0.2) is 29.7 Å². The number of hydrazine groups is 1. The predicted molar refractivity (Wildman–Crippen MR) is 84.0 cm³/mol. The van der Waals surface area contributed by atoms with E-state index >= 15 is 0 Å². The summed E-state index contributed by atoms with van der Waals surface area (Å²) in [5, 5.41) is 3.71. The maximum absolute atomic E-state index is 11.6. The minimum Gasteiger partial charge on any atom is -0.346 e. The van der Waals surface area contributed by atoms with Gasteiger partial charge in [-0.3, -0.25) is 15.0 Å². The topological polar surface area (TPSA) is 104 Å². The Morgan fingerprint density at radius 3 is 2.27 bits per heavy atom. The van der Waals surface area contributed by atoms with Crippen molar-refractivity contribution in [3.05, 3.63) is 40.3 Å². The largest absolute Gasteiger partial charge is 0.346 e. The molecule has 0 aliphatic carbocycles. The Morgan fingerprint density at radius 1 is 1.14 bits per heavy atom. The molecule has 0 unspecified atom stereocenters. The lowest BCUT2D eigenvalue weighted by Crippen LogP contribution is -2.49. The molecule has 1 aromatic rings. The van der Waals surface area contributed by atoms with Crippen molar-refractivity contribution < 1.29 is 18.0 Å². The molecule has 1 aromatic carbocycles. The highest BCUT2D eigenvalue weighted by Gasteiger charge is 2.16. The maximum Gasteiger partial charge on any atom is 0.324 e. The zero-order valence-electron chi connectivity index (χ0n) is 12.0. The standard InChI is InChI=1S/C13H16ClN3O4S/c1-9(2)15-12(18)13(19)16-17-22(20,21)8-7-10-3-5-11(14)6-4-10/h3-9,17H,1-2H3,(H,15,18)(H,16,19)/b8-7+. The van der Waals surface area contributed by atoms with Crippen molar-refractivity contribution in [3.63, 3.8) is 0 Å². The Bertz CT molecular complexity index is 669. The maximum atomic E-state index is 11.6. The summed E-state index contributed by atoms with van der Waals surface area (Å²) in [7, 11) is -3.92. The van der Waals surface area contributed by atoms with E-state index in [2.05, 4.69) is 5.32 Å². The minimum absolute atomic E-state index is 0.236.